The number of para-hydroxylation sites is 1. The molecule has 0 aromatic heterocycles. The molecule has 2 N–H and O–H groups in total. The van der Waals surface area contributed by atoms with Crippen molar-refractivity contribution in [2.75, 3.05) is 26.2 Å². The molecule has 2 aromatic carbocycles. The summed E-state index contributed by atoms with van der Waals surface area (Å²) >= 11 is 0. The summed E-state index contributed by atoms with van der Waals surface area (Å²) in [4.78, 5) is 25.5. The predicted octanol–water partition coefficient (Wildman–Crippen LogP) is 1.56. The number of hydrogen-bond donors (Lipinski definition) is 2. The number of hydrogen-bond acceptors (Lipinski definition) is 4. The molecule has 144 valence electrons. The molecule has 28 heavy (non-hydrogen) atoms. The molecule has 1 heterocycles. The van der Waals surface area contributed by atoms with Crippen LogP contribution in [-0.2, 0) is 17.9 Å². The summed E-state index contributed by atoms with van der Waals surface area (Å²) in [6, 6.07) is 15.2. The summed E-state index contributed by atoms with van der Waals surface area (Å²) in [7, 11) is 0. The van der Waals surface area contributed by atoms with Gasteiger partial charge < -0.3 is 20.3 Å². The second-order valence-corrected chi connectivity index (χ2v) is 6.48. The van der Waals surface area contributed by atoms with Gasteiger partial charge in [0.25, 0.3) is 5.91 Å². The number of nitrogens with one attached hydrogen (secondary N) is 2. The van der Waals surface area contributed by atoms with E-state index in [-0.39, 0.29) is 25.0 Å². The highest BCUT2D eigenvalue weighted by molar-refractivity contribution is 5.97. The minimum atomic E-state index is -0.119. The van der Waals surface area contributed by atoms with Gasteiger partial charge >= 0.3 is 0 Å². The Kier molecular flexibility index (Phi) is 6.66. The van der Waals surface area contributed by atoms with E-state index in [0.717, 1.165) is 16.9 Å². The maximum Gasteiger partial charge on any atom is 0.254 e. The second-order valence-electron chi connectivity index (χ2n) is 6.48. The van der Waals surface area contributed by atoms with Crippen LogP contribution in [-0.4, -0.2) is 43.0 Å². The van der Waals surface area contributed by atoms with Crippen molar-refractivity contribution in [2.24, 2.45) is 0 Å². The molecule has 0 saturated carbocycles. The Morgan fingerprint density at radius 1 is 1.18 bits per heavy atom. The number of carbonyl (C=O) groups is 2. The maximum atomic E-state index is 12.5. The topological polar surface area (TPSA) is 70.7 Å². The van der Waals surface area contributed by atoms with Crippen LogP contribution in [0.1, 0.15) is 21.5 Å². The van der Waals surface area contributed by atoms with E-state index in [0.29, 0.717) is 31.7 Å². The van der Waals surface area contributed by atoms with Gasteiger partial charge in [-0.2, -0.15) is 0 Å². The lowest BCUT2D eigenvalue weighted by Crippen LogP contribution is -2.49. The van der Waals surface area contributed by atoms with Crippen LogP contribution >= 0.6 is 0 Å². The van der Waals surface area contributed by atoms with E-state index in [1.807, 2.05) is 36.4 Å². The monoisotopic (exact) mass is 377 g/mol. The molecular formula is C22H23N3O3. The van der Waals surface area contributed by atoms with Crippen LogP contribution < -0.4 is 15.4 Å². The molecule has 6 heteroatoms. The van der Waals surface area contributed by atoms with Gasteiger partial charge in [0, 0.05) is 37.3 Å². The molecule has 1 aliphatic heterocycles. The molecule has 0 aliphatic carbocycles. The summed E-state index contributed by atoms with van der Waals surface area (Å²) in [6.07, 6.45) is 5.25. The highest BCUT2D eigenvalue weighted by Gasteiger charge is 2.22. The number of terminal acetylenes is 1. The summed E-state index contributed by atoms with van der Waals surface area (Å²) in [5, 5.41) is 6.09. The van der Waals surface area contributed by atoms with Crippen LogP contribution in [0.2, 0.25) is 0 Å². The lowest BCUT2D eigenvalue weighted by atomic mass is 10.1. The van der Waals surface area contributed by atoms with Crippen LogP contribution in [0.3, 0.4) is 0 Å². The van der Waals surface area contributed by atoms with E-state index in [4.69, 9.17) is 11.2 Å². The number of ether oxygens (including phenoxy) is 1. The normalized spacial score (nSPS) is 13.5. The maximum absolute atomic E-state index is 12.5. The third kappa shape index (κ3) is 5.12. The minimum Gasteiger partial charge on any atom is -0.481 e. The molecule has 1 aliphatic rings. The zero-order chi connectivity index (χ0) is 19.8. The highest BCUT2D eigenvalue weighted by atomic mass is 16.5. The molecule has 0 radical (unpaired) electrons. The van der Waals surface area contributed by atoms with Crippen LogP contribution in [0.25, 0.3) is 0 Å². The average Bonchev–Trinajstić information content (AvgIpc) is 2.73. The Hall–Kier alpha value is -3.30. The van der Waals surface area contributed by atoms with E-state index < -0.39 is 0 Å². The van der Waals surface area contributed by atoms with Crippen LogP contribution in [0.4, 0.5) is 0 Å². The van der Waals surface area contributed by atoms with Crippen LogP contribution in [0, 0.1) is 12.3 Å². The van der Waals surface area contributed by atoms with Gasteiger partial charge in [0.2, 0.25) is 5.91 Å². The zero-order valence-electron chi connectivity index (χ0n) is 15.6. The largest absolute Gasteiger partial charge is 0.481 e. The van der Waals surface area contributed by atoms with Crippen molar-refractivity contribution in [1.29, 1.82) is 0 Å². The number of carbonyl (C=O) groups excluding carboxylic acids is 2. The summed E-state index contributed by atoms with van der Waals surface area (Å²) in [6.45, 7) is 2.69. The van der Waals surface area contributed by atoms with Crippen molar-refractivity contribution in [2.45, 2.75) is 13.1 Å². The van der Waals surface area contributed by atoms with Crippen molar-refractivity contribution >= 4 is 11.8 Å². The smallest absolute Gasteiger partial charge is 0.254 e. The summed E-state index contributed by atoms with van der Waals surface area (Å²) < 4.78 is 5.55. The molecule has 2 amide bonds. The first-order valence-electron chi connectivity index (χ1n) is 9.17. The molecule has 0 atom stereocenters. The van der Waals surface area contributed by atoms with Gasteiger partial charge in [0.1, 0.15) is 12.4 Å². The van der Waals surface area contributed by atoms with Gasteiger partial charge in [-0.3, -0.25) is 9.59 Å². The molecule has 0 bridgehead atoms. The lowest BCUT2D eigenvalue weighted by Gasteiger charge is -2.26. The van der Waals surface area contributed by atoms with Crippen molar-refractivity contribution in [1.82, 2.24) is 15.5 Å². The van der Waals surface area contributed by atoms with E-state index in [1.165, 1.54) is 0 Å². The summed E-state index contributed by atoms with van der Waals surface area (Å²) in [5.74, 6) is 3.01. The Labute approximate surface area is 164 Å². The lowest BCUT2D eigenvalue weighted by molar-refractivity contribution is -0.123. The van der Waals surface area contributed by atoms with E-state index >= 15 is 0 Å². The van der Waals surface area contributed by atoms with Gasteiger partial charge in [-0.25, -0.2) is 0 Å². The zero-order valence-corrected chi connectivity index (χ0v) is 15.6. The Morgan fingerprint density at radius 2 is 1.96 bits per heavy atom. The van der Waals surface area contributed by atoms with E-state index in [2.05, 4.69) is 16.6 Å². The number of nitrogens with zero attached hydrogens (tertiary/aromatic N) is 1. The highest BCUT2D eigenvalue weighted by Crippen LogP contribution is 2.17. The molecule has 0 spiro atoms. The molecule has 1 fully saturated rings. The number of amides is 2. The van der Waals surface area contributed by atoms with E-state index in [1.54, 1.807) is 17.0 Å². The Bertz CT molecular complexity index is 871. The molecule has 3 rings (SSSR count). The van der Waals surface area contributed by atoms with Gasteiger partial charge in [0.05, 0.1) is 6.54 Å². The standard InChI is InChI=1S/C22H23N3O3/c1-2-13-28-20-6-4-3-5-19(20)15-23-14-17-7-9-18(10-8-17)22(27)25-12-11-24-21(26)16-25/h1,3-10,23H,11-16H2,(H,24,26). The fraction of sp³-hybridized carbons (Fsp3) is 0.273. The third-order valence-electron chi connectivity index (χ3n) is 4.45. The minimum absolute atomic E-state index is 0.114. The Morgan fingerprint density at radius 3 is 2.71 bits per heavy atom. The molecule has 1 saturated heterocycles. The number of piperazine rings is 1. The fourth-order valence-electron chi connectivity index (χ4n) is 3.01. The SMILES string of the molecule is C#CCOc1ccccc1CNCc1ccc(C(=O)N2CCNC(=O)C2)cc1. The van der Waals surface area contributed by atoms with Crippen LogP contribution in [0.5, 0.6) is 5.75 Å². The first-order valence-corrected chi connectivity index (χ1v) is 9.17. The molecule has 2 aromatic rings. The predicted molar refractivity (Wildman–Crippen MR) is 107 cm³/mol. The van der Waals surface area contributed by atoms with Crippen molar-refractivity contribution < 1.29 is 14.3 Å². The average molecular weight is 377 g/mol. The third-order valence-corrected chi connectivity index (χ3v) is 4.45. The first-order chi connectivity index (χ1) is 13.7. The number of rotatable bonds is 7. The van der Waals surface area contributed by atoms with Gasteiger partial charge in [-0.1, -0.05) is 36.3 Å². The number of benzene rings is 2. The quantitative estimate of drug-likeness (QED) is 0.719. The Balaban J connectivity index is 1.53. The molecule has 6 nitrogen and oxygen atoms in total. The summed E-state index contributed by atoms with van der Waals surface area (Å²) in [5.41, 5.74) is 2.69. The first kappa shape index (κ1) is 19.5. The van der Waals surface area contributed by atoms with Gasteiger partial charge in [0.15, 0.2) is 0 Å². The van der Waals surface area contributed by atoms with Crippen molar-refractivity contribution in [3.63, 3.8) is 0 Å². The van der Waals surface area contributed by atoms with Crippen LogP contribution in [0.15, 0.2) is 48.5 Å². The molecular weight excluding hydrogens is 354 g/mol. The van der Waals surface area contributed by atoms with Crippen molar-refractivity contribution in [3.05, 3.63) is 65.2 Å². The van der Waals surface area contributed by atoms with Crippen molar-refractivity contribution in [3.8, 4) is 18.1 Å². The fourth-order valence-corrected chi connectivity index (χ4v) is 3.01. The van der Waals surface area contributed by atoms with Gasteiger partial charge in [-0.15, -0.1) is 6.42 Å². The molecule has 0 unspecified atom stereocenters. The van der Waals surface area contributed by atoms with Gasteiger partial charge in [-0.05, 0) is 23.8 Å². The second kappa shape index (κ2) is 9.58. The van der Waals surface area contributed by atoms with E-state index in [9.17, 15) is 9.59 Å².